The van der Waals surface area contributed by atoms with Crippen LogP contribution in [0.4, 0.5) is 19.1 Å². The van der Waals surface area contributed by atoms with Gasteiger partial charge in [0.05, 0.1) is 11.3 Å². The highest BCUT2D eigenvalue weighted by atomic mass is 19.4. The summed E-state index contributed by atoms with van der Waals surface area (Å²) in [4.78, 5) is 21.9. The fraction of sp³-hybridized carbons (Fsp3) is 0.312. The van der Waals surface area contributed by atoms with E-state index >= 15 is 0 Å². The first-order chi connectivity index (χ1) is 11.7. The Morgan fingerprint density at radius 3 is 2.40 bits per heavy atom. The molecule has 0 bridgehead atoms. The quantitative estimate of drug-likeness (QED) is 0.879. The molecule has 1 atom stereocenters. The van der Waals surface area contributed by atoms with Crippen LogP contribution in [0.5, 0.6) is 0 Å². The lowest BCUT2D eigenvalue weighted by Crippen LogP contribution is -2.28. The van der Waals surface area contributed by atoms with E-state index in [4.69, 9.17) is 11.5 Å². The van der Waals surface area contributed by atoms with Gasteiger partial charge in [0, 0.05) is 24.7 Å². The van der Waals surface area contributed by atoms with Gasteiger partial charge in [-0.05, 0) is 24.6 Å². The van der Waals surface area contributed by atoms with E-state index in [1.807, 2.05) is 4.90 Å². The summed E-state index contributed by atoms with van der Waals surface area (Å²) < 4.78 is 38.1. The zero-order chi connectivity index (χ0) is 18.2. The molecule has 4 N–H and O–H groups in total. The number of aromatic nitrogens is 2. The van der Waals surface area contributed by atoms with Crippen LogP contribution in [0.1, 0.15) is 22.5 Å². The first-order valence-corrected chi connectivity index (χ1v) is 7.61. The van der Waals surface area contributed by atoms with Crippen molar-refractivity contribution in [3.8, 4) is 11.3 Å². The standard InChI is InChI=1S/C16H16F3N5O/c17-16(18,19)10-3-1-9(2-4-10)12-7-13(14(21)25)23-15(22-12)24-6-5-11(20)8-24/h1-4,7,11H,5-6,8,20H2,(H2,21,25)/t11-/m0/s1. The second-order valence-corrected chi connectivity index (χ2v) is 5.87. The Balaban J connectivity index is 2.00. The molecule has 1 aliphatic heterocycles. The summed E-state index contributed by atoms with van der Waals surface area (Å²) >= 11 is 0. The van der Waals surface area contributed by atoms with Crippen LogP contribution in [0.2, 0.25) is 0 Å². The lowest BCUT2D eigenvalue weighted by Gasteiger charge is -2.17. The third kappa shape index (κ3) is 3.71. The van der Waals surface area contributed by atoms with Crippen LogP contribution in [0, 0.1) is 0 Å². The number of alkyl halides is 3. The lowest BCUT2D eigenvalue weighted by molar-refractivity contribution is -0.137. The molecule has 9 heteroatoms. The molecule has 1 aromatic carbocycles. The van der Waals surface area contributed by atoms with Crippen molar-refractivity contribution in [2.24, 2.45) is 11.5 Å². The Bertz CT molecular complexity index is 791. The number of carbonyl (C=O) groups excluding carboxylic acids is 1. The number of nitrogens with zero attached hydrogens (tertiary/aromatic N) is 3. The minimum absolute atomic E-state index is 0.000342. The summed E-state index contributed by atoms with van der Waals surface area (Å²) in [5.74, 6) is -0.445. The maximum absolute atomic E-state index is 12.7. The molecule has 1 fully saturated rings. The van der Waals surface area contributed by atoms with Crippen LogP contribution in [0.3, 0.4) is 0 Å². The summed E-state index contributed by atoms with van der Waals surface area (Å²) in [6, 6.07) is 5.88. The van der Waals surface area contributed by atoms with Crippen molar-refractivity contribution in [1.82, 2.24) is 9.97 Å². The molecule has 2 heterocycles. The Kier molecular flexibility index (Phi) is 4.34. The maximum Gasteiger partial charge on any atom is 0.416 e. The van der Waals surface area contributed by atoms with Crippen molar-refractivity contribution in [1.29, 1.82) is 0 Å². The topological polar surface area (TPSA) is 98.1 Å². The van der Waals surface area contributed by atoms with Gasteiger partial charge in [-0.3, -0.25) is 4.79 Å². The van der Waals surface area contributed by atoms with Crippen LogP contribution < -0.4 is 16.4 Å². The molecule has 1 amide bonds. The van der Waals surface area contributed by atoms with Crippen molar-refractivity contribution in [3.05, 3.63) is 41.6 Å². The number of anilines is 1. The number of rotatable bonds is 3. The predicted octanol–water partition coefficient (Wildman–Crippen LogP) is 1.80. The minimum Gasteiger partial charge on any atom is -0.364 e. The van der Waals surface area contributed by atoms with Gasteiger partial charge in [0.1, 0.15) is 5.69 Å². The molecular formula is C16H16F3N5O. The number of hydrogen-bond acceptors (Lipinski definition) is 5. The zero-order valence-electron chi connectivity index (χ0n) is 13.1. The van der Waals surface area contributed by atoms with E-state index in [9.17, 15) is 18.0 Å². The summed E-state index contributed by atoms with van der Waals surface area (Å²) in [5, 5.41) is 0. The van der Waals surface area contributed by atoms with E-state index in [0.717, 1.165) is 18.6 Å². The van der Waals surface area contributed by atoms with Crippen LogP contribution >= 0.6 is 0 Å². The van der Waals surface area contributed by atoms with E-state index in [-0.39, 0.29) is 11.7 Å². The molecule has 0 unspecified atom stereocenters. The molecule has 3 rings (SSSR count). The van der Waals surface area contributed by atoms with Gasteiger partial charge in [0.15, 0.2) is 0 Å². The molecule has 6 nitrogen and oxygen atoms in total. The average molecular weight is 351 g/mol. The van der Waals surface area contributed by atoms with Crippen molar-refractivity contribution in [3.63, 3.8) is 0 Å². The molecule has 0 saturated carbocycles. The van der Waals surface area contributed by atoms with Crippen LogP contribution in [0.25, 0.3) is 11.3 Å². The van der Waals surface area contributed by atoms with Gasteiger partial charge in [-0.25, -0.2) is 9.97 Å². The minimum atomic E-state index is -4.42. The first-order valence-electron chi connectivity index (χ1n) is 7.61. The molecule has 1 aliphatic rings. The molecular weight excluding hydrogens is 335 g/mol. The third-order valence-electron chi connectivity index (χ3n) is 3.98. The third-order valence-corrected chi connectivity index (χ3v) is 3.98. The Morgan fingerprint density at radius 1 is 1.20 bits per heavy atom. The summed E-state index contributed by atoms with van der Waals surface area (Å²) in [6.45, 7) is 1.17. The van der Waals surface area contributed by atoms with E-state index in [2.05, 4.69) is 9.97 Å². The largest absolute Gasteiger partial charge is 0.416 e. The van der Waals surface area contributed by atoms with Crippen molar-refractivity contribution >= 4 is 11.9 Å². The molecule has 0 spiro atoms. The Hall–Kier alpha value is -2.68. The van der Waals surface area contributed by atoms with Crippen LogP contribution in [-0.4, -0.2) is 35.0 Å². The number of primary amides is 1. The molecule has 1 saturated heterocycles. The maximum atomic E-state index is 12.7. The lowest BCUT2D eigenvalue weighted by atomic mass is 10.1. The summed E-state index contributed by atoms with van der Waals surface area (Å²) in [6.07, 6.45) is -3.65. The van der Waals surface area contributed by atoms with E-state index in [1.54, 1.807) is 0 Å². The van der Waals surface area contributed by atoms with Crippen molar-refractivity contribution in [2.45, 2.75) is 18.6 Å². The summed E-state index contributed by atoms with van der Waals surface area (Å²) in [5.41, 5.74) is 11.2. The number of nitrogens with two attached hydrogens (primary N) is 2. The van der Waals surface area contributed by atoms with Crippen LogP contribution in [0.15, 0.2) is 30.3 Å². The molecule has 132 valence electrons. The number of hydrogen-bond donors (Lipinski definition) is 2. The van der Waals surface area contributed by atoms with Gasteiger partial charge in [0.2, 0.25) is 5.95 Å². The Morgan fingerprint density at radius 2 is 1.88 bits per heavy atom. The smallest absolute Gasteiger partial charge is 0.364 e. The van der Waals surface area contributed by atoms with Crippen molar-refractivity contribution < 1.29 is 18.0 Å². The average Bonchev–Trinajstić information content (AvgIpc) is 3.00. The fourth-order valence-electron chi connectivity index (χ4n) is 2.65. The highest BCUT2D eigenvalue weighted by Gasteiger charge is 2.30. The van der Waals surface area contributed by atoms with Gasteiger partial charge in [-0.2, -0.15) is 13.2 Å². The van der Waals surface area contributed by atoms with E-state index in [1.165, 1.54) is 18.2 Å². The van der Waals surface area contributed by atoms with Gasteiger partial charge >= 0.3 is 6.18 Å². The predicted molar refractivity (Wildman–Crippen MR) is 85.8 cm³/mol. The number of carbonyl (C=O) groups is 1. The van der Waals surface area contributed by atoms with Gasteiger partial charge < -0.3 is 16.4 Å². The van der Waals surface area contributed by atoms with Crippen LogP contribution in [-0.2, 0) is 6.18 Å². The molecule has 0 radical (unpaired) electrons. The van der Waals surface area contributed by atoms with E-state index in [0.29, 0.717) is 30.3 Å². The molecule has 0 aliphatic carbocycles. The monoisotopic (exact) mass is 351 g/mol. The van der Waals surface area contributed by atoms with E-state index < -0.39 is 17.6 Å². The van der Waals surface area contributed by atoms with Gasteiger partial charge in [0.25, 0.3) is 5.91 Å². The Labute approximate surface area is 141 Å². The second-order valence-electron chi connectivity index (χ2n) is 5.87. The highest BCUT2D eigenvalue weighted by Crippen LogP contribution is 2.31. The highest BCUT2D eigenvalue weighted by molar-refractivity contribution is 5.92. The zero-order valence-corrected chi connectivity index (χ0v) is 13.1. The summed E-state index contributed by atoms with van der Waals surface area (Å²) in [7, 11) is 0. The first kappa shape index (κ1) is 17.2. The molecule has 2 aromatic rings. The number of benzene rings is 1. The van der Waals surface area contributed by atoms with Crippen molar-refractivity contribution in [2.75, 3.05) is 18.0 Å². The number of amides is 1. The number of halogens is 3. The molecule has 1 aromatic heterocycles. The van der Waals surface area contributed by atoms with Gasteiger partial charge in [-0.15, -0.1) is 0 Å². The normalized spacial score (nSPS) is 17.8. The second kappa shape index (κ2) is 6.32. The fourth-order valence-corrected chi connectivity index (χ4v) is 2.65. The SMILES string of the molecule is NC(=O)c1cc(-c2ccc(C(F)(F)F)cc2)nc(N2CC[C@H](N)C2)n1. The van der Waals surface area contributed by atoms with Gasteiger partial charge in [-0.1, -0.05) is 12.1 Å². The molecule has 25 heavy (non-hydrogen) atoms.